The predicted molar refractivity (Wildman–Crippen MR) is 102 cm³/mol. The minimum absolute atomic E-state index is 0.355. The maximum atomic E-state index is 9.47. The van der Waals surface area contributed by atoms with Crippen LogP contribution in [0.2, 0.25) is 0 Å². The summed E-state index contributed by atoms with van der Waals surface area (Å²) in [6.45, 7) is 5.40. The third-order valence-corrected chi connectivity index (χ3v) is 4.70. The average molecular weight is 344 g/mol. The van der Waals surface area contributed by atoms with Gasteiger partial charge in [0.2, 0.25) is 17.5 Å². The number of aromatic nitrogens is 1. The fourth-order valence-corrected chi connectivity index (χ4v) is 3.23. The second kappa shape index (κ2) is 6.93. The Morgan fingerprint density at radius 3 is 2.23 bits per heavy atom. The lowest BCUT2D eigenvalue weighted by Gasteiger charge is -2.35. The van der Waals surface area contributed by atoms with Gasteiger partial charge in [-0.1, -0.05) is 35.9 Å². The van der Waals surface area contributed by atoms with Crippen LogP contribution >= 0.6 is 0 Å². The van der Waals surface area contributed by atoms with Crippen molar-refractivity contribution in [3.8, 4) is 17.5 Å². The first-order chi connectivity index (χ1) is 12.7. The van der Waals surface area contributed by atoms with E-state index >= 15 is 0 Å². The van der Waals surface area contributed by atoms with Crippen molar-refractivity contribution in [2.75, 3.05) is 36.0 Å². The summed E-state index contributed by atoms with van der Waals surface area (Å²) in [4.78, 5) is 8.86. The minimum Gasteiger partial charge on any atom is -0.419 e. The molecule has 2 heterocycles. The molecule has 0 unspecified atom stereocenters. The normalized spacial score (nSPS) is 14.3. The zero-order valence-electron chi connectivity index (χ0n) is 14.7. The van der Waals surface area contributed by atoms with E-state index in [0.29, 0.717) is 17.5 Å². The van der Waals surface area contributed by atoms with Gasteiger partial charge in [-0.15, -0.1) is 0 Å². The highest BCUT2D eigenvalue weighted by molar-refractivity contribution is 5.60. The second-order valence-corrected chi connectivity index (χ2v) is 6.46. The molecule has 4 rings (SSSR count). The van der Waals surface area contributed by atoms with Crippen LogP contribution in [0.5, 0.6) is 0 Å². The molecule has 2 aromatic carbocycles. The van der Waals surface area contributed by atoms with E-state index in [9.17, 15) is 5.26 Å². The lowest BCUT2D eigenvalue weighted by Crippen LogP contribution is -2.46. The van der Waals surface area contributed by atoms with Crippen molar-refractivity contribution in [1.29, 1.82) is 5.26 Å². The molecule has 1 aliphatic rings. The largest absolute Gasteiger partial charge is 0.419 e. The zero-order chi connectivity index (χ0) is 17.9. The standard InChI is InChI=1S/C21H20N4O/c1-16-7-9-17(10-8-16)20-23-19(15-22)21(26-20)25-13-11-24(12-14-25)18-5-3-2-4-6-18/h2-10H,11-14H2,1H3. The first-order valence-electron chi connectivity index (χ1n) is 8.77. The Balaban J connectivity index is 1.53. The average Bonchev–Trinajstić information content (AvgIpc) is 3.14. The summed E-state index contributed by atoms with van der Waals surface area (Å²) in [7, 11) is 0. The maximum absolute atomic E-state index is 9.47. The van der Waals surface area contributed by atoms with Gasteiger partial charge in [0.1, 0.15) is 6.07 Å². The molecule has 1 saturated heterocycles. The number of nitrogens with zero attached hydrogens (tertiary/aromatic N) is 4. The van der Waals surface area contributed by atoms with Crippen molar-refractivity contribution in [3.05, 3.63) is 65.9 Å². The van der Waals surface area contributed by atoms with Crippen molar-refractivity contribution in [3.63, 3.8) is 0 Å². The molecule has 130 valence electrons. The molecule has 1 aliphatic heterocycles. The first-order valence-corrected chi connectivity index (χ1v) is 8.77. The topological polar surface area (TPSA) is 56.3 Å². The van der Waals surface area contributed by atoms with Crippen LogP contribution in [0.4, 0.5) is 11.6 Å². The van der Waals surface area contributed by atoms with E-state index in [1.165, 1.54) is 11.3 Å². The van der Waals surface area contributed by atoms with Gasteiger partial charge in [0.25, 0.3) is 0 Å². The Kier molecular flexibility index (Phi) is 4.32. The molecule has 0 saturated carbocycles. The van der Waals surface area contributed by atoms with E-state index in [0.717, 1.165) is 31.7 Å². The van der Waals surface area contributed by atoms with E-state index in [2.05, 4.69) is 45.1 Å². The molecule has 0 radical (unpaired) electrons. The van der Waals surface area contributed by atoms with Gasteiger partial charge in [0.15, 0.2) is 0 Å². The van der Waals surface area contributed by atoms with E-state index in [4.69, 9.17) is 4.42 Å². The molecule has 3 aromatic rings. The first kappa shape index (κ1) is 16.2. The zero-order valence-corrected chi connectivity index (χ0v) is 14.7. The van der Waals surface area contributed by atoms with Gasteiger partial charge in [0, 0.05) is 37.4 Å². The molecule has 0 spiro atoms. The molecule has 5 heteroatoms. The quantitative estimate of drug-likeness (QED) is 0.722. The number of rotatable bonds is 3. The Morgan fingerprint density at radius 2 is 1.58 bits per heavy atom. The lowest BCUT2D eigenvalue weighted by atomic mass is 10.1. The highest BCUT2D eigenvalue weighted by Crippen LogP contribution is 2.29. The monoisotopic (exact) mass is 344 g/mol. The number of piperazine rings is 1. The number of hydrogen-bond acceptors (Lipinski definition) is 5. The molecule has 1 fully saturated rings. The second-order valence-electron chi connectivity index (χ2n) is 6.46. The van der Waals surface area contributed by atoms with Crippen LogP contribution in [0.15, 0.2) is 59.0 Å². The lowest BCUT2D eigenvalue weighted by molar-refractivity contribution is 0.531. The Morgan fingerprint density at radius 1 is 0.923 bits per heavy atom. The van der Waals surface area contributed by atoms with Gasteiger partial charge in [-0.25, -0.2) is 0 Å². The summed E-state index contributed by atoms with van der Waals surface area (Å²) in [5.41, 5.74) is 3.65. The molecule has 26 heavy (non-hydrogen) atoms. The van der Waals surface area contributed by atoms with E-state index in [1.807, 2.05) is 37.3 Å². The smallest absolute Gasteiger partial charge is 0.235 e. The predicted octanol–water partition coefficient (Wildman–Crippen LogP) is 3.85. The van der Waals surface area contributed by atoms with Gasteiger partial charge in [-0.2, -0.15) is 10.2 Å². The fraction of sp³-hybridized carbons (Fsp3) is 0.238. The van der Waals surface area contributed by atoms with Crippen LogP contribution in [0, 0.1) is 18.3 Å². The van der Waals surface area contributed by atoms with E-state index < -0.39 is 0 Å². The van der Waals surface area contributed by atoms with Crippen molar-refractivity contribution < 1.29 is 4.42 Å². The summed E-state index contributed by atoms with van der Waals surface area (Å²) in [6.07, 6.45) is 0. The van der Waals surface area contributed by atoms with Crippen LogP contribution < -0.4 is 9.80 Å². The highest BCUT2D eigenvalue weighted by atomic mass is 16.4. The fourth-order valence-electron chi connectivity index (χ4n) is 3.23. The molecular weight excluding hydrogens is 324 g/mol. The van der Waals surface area contributed by atoms with Crippen LogP contribution in [0.25, 0.3) is 11.5 Å². The van der Waals surface area contributed by atoms with Crippen molar-refractivity contribution in [1.82, 2.24) is 4.98 Å². The van der Waals surface area contributed by atoms with Crippen molar-refractivity contribution in [2.45, 2.75) is 6.92 Å². The summed E-state index contributed by atoms with van der Waals surface area (Å²) in [5, 5.41) is 9.47. The summed E-state index contributed by atoms with van der Waals surface area (Å²) >= 11 is 0. The molecule has 0 amide bonds. The Bertz CT molecular complexity index is 917. The number of benzene rings is 2. The van der Waals surface area contributed by atoms with Gasteiger partial charge in [-0.3, -0.25) is 0 Å². The van der Waals surface area contributed by atoms with Crippen LogP contribution in [-0.4, -0.2) is 31.2 Å². The molecule has 0 N–H and O–H groups in total. The molecule has 0 atom stereocenters. The minimum atomic E-state index is 0.355. The van der Waals surface area contributed by atoms with Gasteiger partial charge in [-0.05, 0) is 31.2 Å². The third kappa shape index (κ3) is 3.14. The molecule has 1 aromatic heterocycles. The van der Waals surface area contributed by atoms with Crippen LogP contribution in [0.3, 0.4) is 0 Å². The number of anilines is 2. The van der Waals surface area contributed by atoms with Gasteiger partial charge >= 0.3 is 0 Å². The number of nitriles is 1. The third-order valence-electron chi connectivity index (χ3n) is 4.70. The van der Waals surface area contributed by atoms with E-state index in [-0.39, 0.29) is 0 Å². The van der Waals surface area contributed by atoms with Crippen LogP contribution in [-0.2, 0) is 0 Å². The maximum Gasteiger partial charge on any atom is 0.235 e. The number of aryl methyl sites for hydroxylation is 1. The Hall–Kier alpha value is -3.26. The summed E-state index contributed by atoms with van der Waals surface area (Å²) < 4.78 is 5.99. The number of hydrogen-bond donors (Lipinski definition) is 0. The molecule has 0 bridgehead atoms. The van der Waals surface area contributed by atoms with Crippen molar-refractivity contribution >= 4 is 11.6 Å². The molecule has 5 nitrogen and oxygen atoms in total. The van der Waals surface area contributed by atoms with E-state index in [1.54, 1.807) is 0 Å². The highest BCUT2D eigenvalue weighted by Gasteiger charge is 2.24. The van der Waals surface area contributed by atoms with Gasteiger partial charge in [0.05, 0.1) is 0 Å². The van der Waals surface area contributed by atoms with Crippen LogP contribution in [0.1, 0.15) is 11.3 Å². The SMILES string of the molecule is Cc1ccc(-c2nc(C#N)c(N3CCN(c4ccccc4)CC3)o2)cc1. The van der Waals surface area contributed by atoms with Crippen molar-refractivity contribution in [2.24, 2.45) is 0 Å². The number of para-hydroxylation sites is 1. The summed E-state index contributed by atoms with van der Waals surface area (Å²) in [6, 6.07) is 20.5. The summed E-state index contributed by atoms with van der Waals surface area (Å²) in [5.74, 6) is 1.08. The number of oxazole rings is 1. The molecular formula is C21H20N4O. The Labute approximate surface area is 153 Å². The molecule has 0 aliphatic carbocycles. The van der Waals surface area contributed by atoms with Gasteiger partial charge < -0.3 is 14.2 Å².